The normalized spacial score (nSPS) is 10.7. The van der Waals surface area contributed by atoms with Crippen molar-refractivity contribution in [2.75, 3.05) is 0 Å². The lowest BCUT2D eigenvalue weighted by Crippen LogP contribution is -3.00. The first-order chi connectivity index (χ1) is 14.3. The van der Waals surface area contributed by atoms with Gasteiger partial charge in [-0.3, -0.25) is 4.98 Å². The quantitative estimate of drug-likeness (QED) is 0.477. The van der Waals surface area contributed by atoms with E-state index in [0.29, 0.717) is 0 Å². The van der Waals surface area contributed by atoms with E-state index < -0.39 is 0 Å². The van der Waals surface area contributed by atoms with Crippen molar-refractivity contribution in [2.24, 2.45) is 0 Å². The monoisotopic (exact) mass is 429 g/mol. The van der Waals surface area contributed by atoms with Gasteiger partial charge in [-0.25, -0.2) is 4.98 Å². The molecule has 3 nitrogen and oxygen atoms in total. The second kappa shape index (κ2) is 8.76. The molecule has 0 aliphatic heterocycles. The summed E-state index contributed by atoms with van der Waals surface area (Å²) in [7, 11) is 0. The Balaban J connectivity index is 0.00000218. The molecule has 3 N–H and O–H groups in total. The van der Waals surface area contributed by atoms with E-state index in [0.717, 1.165) is 51.1 Å². The molecule has 0 amide bonds. The van der Waals surface area contributed by atoms with Crippen molar-refractivity contribution in [1.82, 2.24) is 9.97 Å². The maximum atomic E-state index is 5.10. The third-order valence-corrected chi connectivity index (χ3v) is 5.82. The minimum atomic E-state index is 0. The van der Waals surface area contributed by atoms with Crippen molar-refractivity contribution in [2.45, 2.75) is 6.54 Å². The largest absolute Gasteiger partial charge is 1.00 e. The fraction of sp³-hybridized carbons (Fsp3) is 0.0400. The van der Waals surface area contributed by atoms with E-state index in [2.05, 4.69) is 82.1 Å². The van der Waals surface area contributed by atoms with E-state index in [1.54, 1.807) is 11.3 Å². The predicted octanol–water partition coefficient (Wildman–Crippen LogP) is 2.44. The van der Waals surface area contributed by atoms with E-state index in [-0.39, 0.29) is 12.4 Å². The van der Waals surface area contributed by atoms with Crippen LogP contribution in [0.1, 0.15) is 5.56 Å². The van der Waals surface area contributed by atoms with Crippen molar-refractivity contribution in [3.8, 4) is 33.6 Å². The summed E-state index contributed by atoms with van der Waals surface area (Å²) in [4.78, 5) is 9.76. The van der Waals surface area contributed by atoms with Crippen LogP contribution in [0.15, 0.2) is 89.8 Å². The molecule has 0 saturated carbocycles. The summed E-state index contributed by atoms with van der Waals surface area (Å²) in [5.74, 6) is 0. The molecule has 3 heterocycles. The number of hydrogen-bond acceptors (Lipinski definition) is 3. The number of hydrogen-bond donors (Lipinski definition) is 1. The summed E-state index contributed by atoms with van der Waals surface area (Å²) in [6, 6.07) is 25.3. The van der Waals surface area contributed by atoms with E-state index in [9.17, 15) is 0 Å². The van der Waals surface area contributed by atoms with E-state index in [4.69, 9.17) is 4.98 Å². The molecule has 5 rings (SSSR count). The fourth-order valence-corrected chi connectivity index (χ4v) is 4.25. The van der Waals surface area contributed by atoms with Crippen LogP contribution in [0.3, 0.4) is 0 Å². The third-order valence-electron chi connectivity index (χ3n) is 5.14. The molecular formula is C25H20ClN3S. The summed E-state index contributed by atoms with van der Waals surface area (Å²) < 4.78 is 0. The Kier molecular flexibility index (Phi) is 5.91. The Morgan fingerprint density at radius 1 is 0.800 bits per heavy atom. The summed E-state index contributed by atoms with van der Waals surface area (Å²) in [5, 5.41) is 5.29. The maximum Gasteiger partial charge on any atom is 0.0997 e. The van der Waals surface area contributed by atoms with Gasteiger partial charge in [0.15, 0.2) is 0 Å². The Labute approximate surface area is 185 Å². The number of nitrogens with zero attached hydrogens (tertiary/aromatic N) is 2. The first-order valence-electron chi connectivity index (χ1n) is 9.60. The number of quaternary nitrogens is 1. The SMILES string of the molecule is [Cl-].[NH3+]Cc1ccc(-c2nc3ccnc(-c4ccsc4)c3cc2-c2ccccc2)cc1. The number of benzene rings is 2. The van der Waals surface area contributed by atoms with Crippen molar-refractivity contribution >= 4 is 22.2 Å². The average molecular weight is 430 g/mol. The van der Waals surface area contributed by atoms with Gasteiger partial charge in [0.1, 0.15) is 0 Å². The molecule has 0 radical (unpaired) electrons. The Hall–Kier alpha value is -3.05. The number of aromatic nitrogens is 2. The molecule has 30 heavy (non-hydrogen) atoms. The van der Waals surface area contributed by atoms with Gasteiger partial charge in [-0.2, -0.15) is 11.3 Å². The highest BCUT2D eigenvalue weighted by atomic mass is 35.5. The van der Waals surface area contributed by atoms with Gasteiger partial charge in [-0.05, 0) is 29.1 Å². The van der Waals surface area contributed by atoms with Crippen molar-refractivity contribution in [3.05, 3.63) is 95.3 Å². The van der Waals surface area contributed by atoms with Gasteiger partial charge in [-0.1, -0.05) is 54.6 Å². The second-order valence-corrected chi connectivity index (χ2v) is 7.72. The van der Waals surface area contributed by atoms with Crippen LogP contribution >= 0.6 is 11.3 Å². The molecule has 2 aromatic carbocycles. The number of pyridine rings is 2. The lowest BCUT2D eigenvalue weighted by Gasteiger charge is -2.13. The lowest BCUT2D eigenvalue weighted by molar-refractivity contribution is -0.386. The number of halogens is 1. The van der Waals surface area contributed by atoms with E-state index >= 15 is 0 Å². The van der Waals surface area contributed by atoms with Crippen LogP contribution in [0.4, 0.5) is 0 Å². The van der Waals surface area contributed by atoms with Crippen LogP contribution in [0, 0.1) is 0 Å². The van der Waals surface area contributed by atoms with Gasteiger partial charge in [0.05, 0.1) is 23.4 Å². The highest BCUT2D eigenvalue weighted by molar-refractivity contribution is 7.08. The zero-order valence-electron chi connectivity index (χ0n) is 16.3. The Morgan fingerprint density at radius 3 is 2.30 bits per heavy atom. The van der Waals surface area contributed by atoms with Crippen LogP contribution in [0.2, 0.25) is 0 Å². The van der Waals surface area contributed by atoms with Crippen molar-refractivity contribution in [1.29, 1.82) is 0 Å². The molecule has 5 aromatic rings. The summed E-state index contributed by atoms with van der Waals surface area (Å²) in [6.45, 7) is 0.784. The van der Waals surface area contributed by atoms with Crippen molar-refractivity contribution < 1.29 is 18.1 Å². The Morgan fingerprint density at radius 2 is 1.60 bits per heavy atom. The minimum absolute atomic E-state index is 0. The second-order valence-electron chi connectivity index (χ2n) is 6.94. The molecule has 0 aliphatic rings. The van der Waals surface area contributed by atoms with Crippen LogP contribution in [0.5, 0.6) is 0 Å². The van der Waals surface area contributed by atoms with Gasteiger partial charge in [0.25, 0.3) is 0 Å². The van der Waals surface area contributed by atoms with Gasteiger partial charge in [0.2, 0.25) is 0 Å². The van der Waals surface area contributed by atoms with E-state index in [1.807, 2.05) is 18.3 Å². The van der Waals surface area contributed by atoms with Gasteiger partial charge in [0, 0.05) is 39.2 Å². The topological polar surface area (TPSA) is 53.4 Å². The van der Waals surface area contributed by atoms with Crippen LogP contribution < -0.4 is 18.1 Å². The smallest absolute Gasteiger partial charge is 0.0997 e. The maximum absolute atomic E-state index is 5.10. The molecule has 0 spiro atoms. The van der Waals surface area contributed by atoms with Gasteiger partial charge < -0.3 is 18.1 Å². The minimum Gasteiger partial charge on any atom is -1.00 e. The first-order valence-corrected chi connectivity index (χ1v) is 10.5. The number of thiophene rings is 1. The molecule has 0 unspecified atom stereocenters. The zero-order chi connectivity index (χ0) is 19.6. The molecule has 0 bridgehead atoms. The summed E-state index contributed by atoms with van der Waals surface area (Å²) in [6.07, 6.45) is 1.85. The number of rotatable bonds is 4. The predicted molar refractivity (Wildman–Crippen MR) is 120 cm³/mol. The van der Waals surface area contributed by atoms with Gasteiger partial charge >= 0.3 is 0 Å². The lowest BCUT2D eigenvalue weighted by atomic mass is 9.96. The standard InChI is InChI=1S/C25H19N3S.ClH/c26-15-17-6-8-19(9-7-17)25-21(18-4-2-1-3-5-18)14-22-23(28-25)10-12-27-24(22)20-11-13-29-16-20;/h1-14,16H,15,26H2;1H. The zero-order valence-corrected chi connectivity index (χ0v) is 17.8. The van der Waals surface area contributed by atoms with Gasteiger partial charge in [-0.15, -0.1) is 0 Å². The molecule has 3 aromatic heterocycles. The first kappa shape index (κ1) is 20.2. The highest BCUT2D eigenvalue weighted by Gasteiger charge is 2.15. The van der Waals surface area contributed by atoms with E-state index in [1.165, 1.54) is 5.56 Å². The average Bonchev–Trinajstić information content (AvgIpc) is 3.33. The van der Waals surface area contributed by atoms with Crippen LogP contribution in [0.25, 0.3) is 44.5 Å². The molecule has 0 saturated heterocycles. The summed E-state index contributed by atoms with van der Waals surface area (Å²) in [5.41, 5.74) is 12.6. The third kappa shape index (κ3) is 3.73. The molecule has 0 aliphatic carbocycles. The highest BCUT2D eigenvalue weighted by Crippen LogP contribution is 2.36. The molecule has 0 fully saturated rings. The molecular weight excluding hydrogens is 410 g/mol. The van der Waals surface area contributed by atoms with Crippen LogP contribution in [-0.4, -0.2) is 9.97 Å². The Bertz CT molecular complexity index is 1270. The molecule has 5 heteroatoms. The number of fused-ring (bicyclic) bond motifs is 1. The molecule has 148 valence electrons. The van der Waals surface area contributed by atoms with Crippen LogP contribution in [-0.2, 0) is 6.54 Å². The molecule has 0 atom stereocenters. The van der Waals surface area contributed by atoms with Crippen molar-refractivity contribution in [3.63, 3.8) is 0 Å². The fourth-order valence-electron chi connectivity index (χ4n) is 3.61. The summed E-state index contributed by atoms with van der Waals surface area (Å²) >= 11 is 1.68.